The standard InChI is InChI=1S/C21H23N3OS/c1-5-24-20(25)18(13-16-9-11-17(12-10-16)14(2)3)26-21(24)23-19-8-6-7-15(4)22-19/h6-14H,5H2,1-4H3/b18-13-,23-21+. The maximum absolute atomic E-state index is 12.7. The number of aromatic nitrogens is 1. The second-order valence-corrected chi connectivity index (χ2v) is 7.52. The maximum atomic E-state index is 12.7. The van der Waals surface area contributed by atoms with Crippen molar-refractivity contribution in [1.29, 1.82) is 0 Å². The smallest absolute Gasteiger partial charge is 0.266 e. The van der Waals surface area contributed by atoms with Gasteiger partial charge in [-0.1, -0.05) is 44.2 Å². The maximum Gasteiger partial charge on any atom is 0.266 e. The summed E-state index contributed by atoms with van der Waals surface area (Å²) in [4.78, 5) is 24.1. The average molecular weight is 366 g/mol. The van der Waals surface area contributed by atoms with Crippen molar-refractivity contribution in [2.75, 3.05) is 6.54 Å². The number of amidine groups is 1. The molecule has 2 heterocycles. The molecule has 1 saturated heterocycles. The highest BCUT2D eigenvalue weighted by Gasteiger charge is 2.32. The molecule has 0 radical (unpaired) electrons. The number of rotatable bonds is 4. The second-order valence-electron chi connectivity index (χ2n) is 6.51. The Kier molecular flexibility index (Phi) is 5.57. The van der Waals surface area contributed by atoms with Gasteiger partial charge in [-0.3, -0.25) is 9.69 Å². The van der Waals surface area contributed by atoms with Gasteiger partial charge in [-0.05, 0) is 60.9 Å². The zero-order valence-corrected chi connectivity index (χ0v) is 16.4. The van der Waals surface area contributed by atoms with Crippen LogP contribution in [0.3, 0.4) is 0 Å². The molecule has 1 aliphatic heterocycles. The first kappa shape index (κ1) is 18.4. The third-order valence-electron chi connectivity index (χ3n) is 4.19. The third kappa shape index (κ3) is 4.05. The molecule has 1 fully saturated rings. The van der Waals surface area contributed by atoms with Crippen molar-refractivity contribution in [2.45, 2.75) is 33.6 Å². The van der Waals surface area contributed by atoms with Crippen LogP contribution >= 0.6 is 11.8 Å². The zero-order valence-electron chi connectivity index (χ0n) is 15.6. The molecule has 0 bridgehead atoms. The summed E-state index contributed by atoms with van der Waals surface area (Å²) in [5.74, 6) is 1.12. The van der Waals surface area contributed by atoms with Crippen LogP contribution in [0.15, 0.2) is 52.4 Å². The van der Waals surface area contributed by atoms with Crippen molar-refractivity contribution >= 4 is 34.7 Å². The van der Waals surface area contributed by atoms with Crippen LogP contribution in [-0.4, -0.2) is 27.5 Å². The lowest BCUT2D eigenvalue weighted by Crippen LogP contribution is -2.28. The summed E-state index contributed by atoms with van der Waals surface area (Å²) in [5, 5.41) is 0.681. The fraction of sp³-hybridized carbons (Fsp3) is 0.286. The van der Waals surface area contributed by atoms with Crippen molar-refractivity contribution in [2.24, 2.45) is 4.99 Å². The van der Waals surface area contributed by atoms with Crippen molar-refractivity contribution in [1.82, 2.24) is 9.88 Å². The minimum absolute atomic E-state index is 0.00293. The number of carbonyl (C=O) groups is 1. The van der Waals surface area contributed by atoms with Gasteiger partial charge in [0.2, 0.25) is 0 Å². The monoisotopic (exact) mass is 365 g/mol. The van der Waals surface area contributed by atoms with Crippen LogP contribution in [0, 0.1) is 6.92 Å². The SMILES string of the molecule is CCN1C(=O)/C(=C/c2ccc(C(C)C)cc2)S/C1=N/c1cccc(C)n1. The van der Waals surface area contributed by atoms with Gasteiger partial charge in [0.25, 0.3) is 5.91 Å². The molecule has 0 N–H and O–H groups in total. The molecule has 0 spiro atoms. The number of pyridine rings is 1. The van der Waals surface area contributed by atoms with Gasteiger partial charge in [-0.15, -0.1) is 0 Å². The van der Waals surface area contributed by atoms with E-state index in [9.17, 15) is 4.79 Å². The minimum Gasteiger partial charge on any atom is -0.287 e. The summed E-state index contributed by atoms with van der Waals surface area (Å²) < 4.78 is 0. The summed E-state index contributed by atoms with van der Waals surface area (Å²) in [6.45, 7) is 8.81. The first-order valence-corrected chi connectivity index (χ1v) is 9.63. The molecule has 0 atom stereocenters. The molecular weight excluding hydrogens is 342 g/mol. The number of aryl methyl sites for hydroxylation is 1. The van der Waals surface area contributed by atoms with Gasteiger partial charge < -0.3 is 0 Å². The fourth-order valence-corrected chi connectivity index (χ4v) is 3.74. The molecule has 1 amide bonds. The van der Waals surface area contributed by atoms with Gasteiger partial charge in [0.05, 0.1) is 4.91 Å². The summed E-state index contributed by atoms with van der Waals surface area (Å²) in [6.07, 6.45) is 1.94. The van der Waals surface area contributed by atoms with Crippen LogP contribution in [-0.2, 0) is 4.79 Å². The van der Waals surface area contributed by atoms with E-state index in [1.165, 1.54) is 17.3 Å². The predicted molar refractivity (Wildman–Crippen MR) is 110 cm³/mol. The van der Waals surface area contributed by atoms with E-state index in [4.69, 9.17) is 0 Å². The molecule has 1 aromatic heterocycles. The van der Waals surface area contributed by atoms with Gasteiger partial charge in [0.15, 0.2) is 11.0 Å². The number of hydrogen-bond donors (Lipinski definition) is 0. The Morgan fingerprint density at radius 3 is 2.54 bits per heavy atom. The molecule has 0 aliphatic carbocycles. The number of benzene rings is 1. The van der Waals surface area contributed by atoms with Crippen molar-refractivity contribution < 1.29 is 4.79 Å². The van der Waals surface area contributed by atoms with Crippen LogP contribution in [0.1, 0.15) is 43.5 Å². The number of nitrogens with zero attached hydrogens (tertiary/aromatic N) is 3. The van der Waals surface area contributed by atoms with E-state index in [0.717, 1.165) is 11.3 Å². The first-order chi connectivity index (χ1) is 12.5. The van der Waals surface area contributed by atoms with E-state index in [1.54, 1.807) is 4.90 Å². The van der Waals surface area contributed by atoms with Crippen molar-refractivity contribution in [3.8, 4) is 0 Å². The zero-order chi connectivity index (χ0) is 18.7. The molecule has 134 valence electrons. The van der Waals surface area contributed by atoms with Gasteiger partial charge >= 0.3 is 0 Å². The largest absolute Gasteiger partial charge is 0.287 e. The molecule has 5 heteroatoms. The van der Waals surface area contributed by atoms with Crippen LogP contribution in [0.5, 0.6) is 0 Å². The van der Waals surface area contributed by atoms with E-state index in [-0.39, 0.29) is 5.91 Å². The highest BCUT2D eigenvalue weighted by atomic mass is 32.2. The number of likely N-dealkylation sites (N-methyl/N-ethyl adjacent to an activating group) is 1. The van der Waals surface area contributed by atoms with Crippen molar-refractivity contribution in [3.05, 3.63) is 64.2 Å². The normalized spacial score (nSPS) is 17.7. The van der Waals surface area contributed by atoms with E-state index >= 15 is 0 Å². The molecule has 1 aliphatic rings. The molecule has 3 rings (SSSR count). The van der Waals surface area contributed by atoms with Crippen LogP contribution in [0.2, 0.25) is 0 Å². The van der Waals surface area contributed by atoms with Crippen LogP contribution in [0.4, 0.5) is 5.82 Å². The average Bonchev–Trinajstić information content (AvgIpc) is 2.90. The fourth-order valence-electron chi connectivity index (χ4n) is 2.69. The summed E-state index contributed by atoms with van der Waals surface area (Å²) >= 11 is 1.40. The molecule has 2 aromatic rings. The summed E-state index contributed by atoms with van der Waals surface area (Å²) in [5.41, 5.74) is 3.22. The highest BCUT2D eigenvalue weighted by molar-refractivity contribution is 8.18. The molecule has 26 heavy (non-hydrogen) atoms. The predicted octanol–water partition coefficient (Wildman–Crippen LogP) is 5.14. The minimum atomic E-state index is -0.00293. The Labute approximate surface area is 159 Å². The van der Waals surface area contributed by atoms with Crippen LogP contribution in [0.25, 0.3) is 6.08 Å². The van der Waals surface area contributed by atoms with Crippen molar-refractivity contribution in [3.63, 3.8) is 0 Å². The first-order valence-electron chi connectivity index (χ1n) is 8.81. The molecule has 1 aromatic carbocycles. The Morgan fingerprint density at radius 2 is 1.92 bits per heavy atom. The van der Waals surface area contributed by atoms with E-state index < -0.39 is 0 Å². The number of hydrogen-bond acceptors (Lipinski definition) is 4. The number of carbonyl (C=O) groups excluding carboxylic acids is 1. The molecule has 4 nitrogen and oxygen atoms in total. The Hall–Kier alpha value is -2.40. The Balaban J connectivity index is 1.89. The highest BCUT2D eigenvalue weighted by Crippen LogP contribution is 2.33. The van der Waals surface area contributed by atoms with Gasteiger partial charge in [-0.25, -0.2) is 9.98 Å². The van der Waals surface area contributed by atoms with E-state index in [2.05, 4.69) is 48.1 Å². The number of thioether (sulfide) groups is 1. The lowest BCUT2D eigenvalue weighted by Gasteiger charge is -2.11. The number of amides is 1. The summed E-state index contributed by atoms with van der Waals surface area (Å²) in [7, 11) is 0. The van der Waals surface area contributed by atoms with E-state index in [1.807, 2.05) is 38.1 Å². The molecule has 0 unspecified atom stereocenters. The quantitative estimate of drug-likeness (QED) is 0.705. The topological polar surface area (TPSA) is 45.6 Å². The van der Waals surface area contributed by atoms with Crippen LogP contribution < -0.4 is 0 Å². The third-order valence-corrected chi connectivity index (χ3v) is 5.20. The lowest BCUT2D eigenvalue weighted by molar-refractivity contribution is -0.122. The molecular formula is C21H23N3OS. The van der Waals surface area contributed by atoms with Gasteiger partial charge in [-0.2, -0.15) is 0 Å². The number of aliphatic imine (C=N–C) groups is 1. The molecule has 0 saturated carbocycles. The Bertz CT molecular complexity index is 869. The van der Waals surface area contributed by atoms with Gasteiger partial charge in [0, 0.05) is 12.2 Å². The Morgan fingerprint density at radius 1 is 1.19 bits per heavy atom. The summed E-state index contributed by atoms with van der Waals surface area (Å²) in [6, 6.07) is 14.1. The van der Waals surface area contributed by atoms with E-state index in [0.29, 0.717) is 28.4 Å². The second kappa shape index (κ2) is 7.87. The lowest BCUT2D eigenvalue weighted by atomic mass is 10.0. The van der Waals surface area contributed by atoms with Gasteiger partial charge in [0.1, 0.15) is 0 Å².